The Morgan fingerprint density at radius 1 is 1.19 bits per heavy atom. The third kappa shape index (κ3) is 4.06. The zero-order chi connectivity index (χ0) is 18.7. The van der Waals surface area contributed by atoms with Crippen LogP contribution in [0.1, 0.15) is 11.1 Å². The highest BCUT2D eigenvalue weighted by Crippen LogP contribution is 2.19. The van der Waals surface area contributed by atoms with Crippen LogP contribution in [0.15, 0.2) is 65.8 Å². The van der Waals surface area contributed by atoms with Gasteiger partial charge in [-0.2, -0.15) is 5.10 Å². The van der Waals surface area contributed by atoms with Crippen LogP contribution >= 0.6 is 0 Å². The first-order valence-electron chi connectivity index (χ1n) is 7.69. The van der Waals surface area contributed by atoms with E-state index in [0.29, 0.717) is 12.2 Å². The van der Waals surface area contributed by atoms with Gasteiger partial charge in [-0.3, -0.25) is 19.5 Å². The lowest BCUT2D eigenvalue weighted by Crippen LogP contribution is -2.12. The summed E-state index contributed by atoms with van der Waals surface area (Å²) in [6, 6.07) is 12.6. The average Bonchev–Trinajstić information content (AvgIpc) is 3.01. The first kappa shape index (κ1) is 17.6. The fraction of sp³-hybridized carbons (Fsp3) is 0.118. The molecule has 1 N–H and O–H groups in total. The number of aromatic nitrogens is 2. The number of aryl methyl sites for hydroxylation is 1. The number of rotatable bonds is 6. The smallest absolute Gasteiger partial charge is 0.269 e. The second-order valence-electron chi connectivity index (χ2n) is 5.77. The van der Waals surface area contributed by atoms with Gasteiger partial charge in [0.1, 0.15) is 0 Å². The van der Waals surface area contributed by atoms with Gasteiger partial charge in [-0.1, -0.05) is 29.8 Å². The molecule has 3 rings (SSSR count). The molecule has 0 fully saturated rings. The molecule has 0 radical (unpaired) electrons. The van der Waals surface area contributed by atoms with Gasteiger partial charge in [0.2, 0.25) is 0 Å². The van der Waals surface area contributed by atoms with Crippen LogP contribution in [0.2, 0.25) is 0 Å². The molecule has 0 aliphatic heterocycles. The molecular weight excluding hydrogens is 356 g/mol. The molecule has 0 saturated heterocycles. The SMILES string of the molecule is Cc1cccc(Cn2cc(NS(=O)(=O)c3ccc([N+](=O)[O-])cc3)cn2)c1. The van der Waals surface area contributed by atoms with E-state index < -0.39 is 14.9 Å². The maximum absolute atomic E-state index is 12.4. The predicted octanol–water partition coefficient (Wildman–Crippen LogP) is 2.95. The van der Waals surface area contributed by atoms with E-state index in [1.54, 1.807) is 10.9 Å². The molecule has 0 unspecified atom stereocenters. The molecule has 9 heteroatoms. The number of nitrogens with zero attached hydrogens (tertiary/aromatic N) is 3. The van der Waals surface area contributed by atoms with Gasteiger partial charge in [-0.25, -0.2) is 8.42 Å². The highest BCUT2D eigenvalue weighted by Gasteiger charge is 2.16. The van der Waals surface area contributed by atoms with Gasteiger partial charge in [0.25, 0.3) is 15.7 Å². The summed E-state index contributed by atoms with van der Waals surface area (Å²) in [4.78, 5) is 10.0. The fourth-order valence-corrected chi connectivity index (χ4v) is 3.49. The molecule has 0 amide bonds. The normalized spacial score (nSPS) is 11.3. The van der Waals surface area contributed by atoms with Gasteiger partial charge in [-0.15, -0.1) is 0 Å². The third-order valence-electron chi connectivity index (χ3n) is 3.67. The van der Waals surface area contributed by atoms with Crippen LogP contribution < -0.4 is 4.72 Å². The molecule has 26 heavy (non-hydrogen) atoms. The summed E-state index contributed by atoms with van der Waals surface area (Å²) in [5, 5.41) is 14.8. The Labute approximate surface area is 150 Å². The Morgan fingerprint density at radius 2 is 1.92 bits per heavy atom. The Morgan fingerprint density at radius 3 is 2.58 bits per heavy atom. The van der Waals surface area contributed by atoms with E-state index in [2.05, 4.69) is 9.82 Å². The number of anilines is 1. The van der Waals surface area contributed by atoms with Crippen LogP contribution in [0.3, 0.4) is 0 Å². The quantitative estimate of drug-likeness (QED) is 0.529. The number of nitro benzene ring substituents is 1. The second kappa shape index (κ2) is 6.96. The first-order chi connectivity index (χ1) is 12.3. The zero-order valence-electron chi connectivity index (χ0n) is 13.9. The largest absolute Gasteiger partial charge is 0.276 e. The van der Waals surface area contributed by atoms with Gasteiger partial charge >= 0.3 is 0 Å². The van der Waals surface area contributed by atoms with Gasteiger partial charge < -0.3 is 0 Å². The van der Waals surface area contributed by atoms with Gasteiger partial charge in [0, 0.05) is 18.3 Å². The van der Waals surface area contributed by atoms with Crippen LogP contribution in [-0.4, -0.2) is 23.1 Å². The lowest BCUT2D eigenvalue weighted by Gasteiger charge is -2.06. The standard InChI is InChI=1S/C17H16N4O4S/c1-13-3-2-4-14(9-13)11-20-12-15(10-18-20)19-26(24,25)17-7-5-16(6-8-17)21(22)23/h2-10,12,19H,11H2,1H3. The monoisotopic (exact) mass is 372 g/mol. The minimum absolute atomic E-state index is 0.0606. The van der Waals surface area contributed by atoms with E-state index in [1.807, 2.05) is 31.2 Å². The van der Waals surface area contributed by atoms with E-state index in [4.69, 9.17) is 0 Å². The number of hydrogen-bond donors (Lipinski definition) is 1. The number of nitrogens with one attached hydrogen (secondary N) is 1. The highest BCUT2D eigenvalue weighted by atomic mass is 32.2. The van der Waals surface area contributed by atoms with Crippen LogP contribution in [0.4, 0.5) is 11.4 Å². The lowest BCUT2D eigenvalue weighted by molar-refractivity contribution is -0.384. The summed E-state index contributed by atoms with van der Waals surface area (Å²) < 4.78 is 28.8. The fourth-order valence-electron chi connectivity index (χ4n) is 2.46. The number of non-ortho nitro benzene ring substituents is 1. The van der Waals surface area contributed by atoms with Crippen molar-refractivity contribution in [2.24, 2.45) is 0 Å². The molecule has 0 spiro atoms. The summed E-state index contributed by atoms with van der Waals surface area (Å²) in [7, 11) is -3.85. The number of sulfonamides is 1. The molecule has 1 heterocycles. The van der Waals surface area contributed by atoms with Gasteiger partial charge in [-0.05, 0) is 24.6 Å². The molecular formula is C17H16N4O4S. The molecule has 0 saturated carbocycles. The van der Waals surface area contributed by atoms with Crippen LogP contribution in [0.5, 0.6) is 0 Å². The summed E-state index contributed by atoms with van der Waals surface area (Å²) in [6.45, 7) is 2.51. The predicted molar refractivity (Wildman–Crippen MR) is 96.4 cm³/mol. The van der Waals surface area contributed by atoms with E-state index in [-0.39, 0.29) is 10.6 Å². The minimum atomic E-state index is -3.85. The van der Waals surface area contributed by atoms with Crippen LogP contribution in [0.25, 0.3) is 0 Å². The Hall–Kier alpha value is -3.20. The maximum Gasteiger partial charge on any atom is 0.269 e. The molecule has 2 aromatic carbocycles. The highest BCUT2D eigenvalue weighted by molar-refractivity contribution is 7.92. The maximum atomic E-state index is 12.4. The van der Waals surface area contributed by atoms with Crippen molar-refractivity contribution in [1.29, 1.82) is 0 Å². The molecule has 134 valence electrons. The summed E-state index contributed by atoms with van der Waals surface area (Å²) >= 11 is 0. The third-order valence-corrected chi connectivity index (χ3v) is 5.07. The van der Waals surface area contributed by atoms with Gasteiger partial charge in [0.15, 0.2) is 0 Å². The van der Waals surface area contributed by atoms with Crippen LogP contribution in [0, 0.1) is 17.0 Å². The van der Waals surface area contributed by atoms with E-state index in [9.17, 15) is 18.5 Å². The molecule has 0 atom stereocenters. The summed E-state index contributed by atoms with van der Waals surface area (Å²) in [5.74, 6) is 0. The molecule has 0 bridgehead atoms. The Kier molecular flexibility index (Phi) is 4.72. The van der Waals surface area contributed by atoms with Crippen molar-refractivity contribution in [1.82, 2.24) is 9.78 Å². The Balaban J connectivity index is 1.74. The van der Waals surface area contributed by atoms with Crippen molar-refractivity contribution in [3.63, 3.8) is 0 Å². The second-order valence-corrected chi connectivity index (χ2v) is 7.45. The molecule has 0 aliphatic carbocycles. The topological polar surface area (TPSA) is 107 Å². The van der Waals surface area contributed by atoms with Crippen molar-refractivity contribution in [3.05, 3.63) is 82.2 Å². The molecule has 0 aliphatic rings. The molecule has 3 aromatic rings. The minimum Gasteiger partial charge on any atom is -0.276 e. The van der Waals surface area contributed by atoms with Crippen molar-refractivity contribution < 1.29 is 13.3 Å². The average molecular weight is 372 g/mol. The lowest BCUT2D eigenvalue weighted by atomic mass is 10.1. The van der Waals surface area contributed by atoms with Crippen molar-refractivity contribution >= 4 is 21.4 Å². The van der Waals surface area contributed by atoms with Crippen molar-refractivity contribution in [3.8, 4) is 0 Å². The molecule has 1 aromatic heterocycles. The van der Waals surface area contributed by atoms with E-state index in [0.717, 1.165) is 23.3 Å². The van der Waals surface area contributed by atoms with Crippen molar-refractivity contribution in [2.45, 2.75) is 18.4 Å². The Bertz CT molecular complexity index is 1040. The van der Waals surface area contributed by atoms with Gasteiger partial charge in [0.05, 0.1) is 28.2 Å². The summed E-state index contributed by atoms with van der Waals surface area (Å²) in [6.07, 6.45) is 3.00. The first-order valence-corrected chi connectivity index (χ1v) is 9.17. The molecule has 8 nitrogen and oxygen atoms in total. The van der Waals surface area contributed by atoms with Crippen molar-refractivity contribution in [2.75, 3.05) is 4.72 Å². The van der Waals surface area contributed by atoms with Crippen LogP contribution in [-0.2, 0) is 16.6 Å². The number of hydrogen-bond acceptors (Lipinski definition) is 5. The number of nitro groups is 1. The van der Waals surface area contributed by atoms with E-state index in [1.165, 1.54) is 18.3 Å². The zero-order valence-corrected chi connectivity index (χ0v) is 14.7. The number of benzene rings is 2. The summed E-state index contributed by atoms with van der Waals surface area (Å²) in [5.41, 5.74) is 2.33. The van der Waals surface area contributed by atoms with E-state index >= 15 is 0 Å².